The van der Waals surface area contributed by atoms with Crippen molar-refractivity contribution in [2.24, 2.45) is 0 Å². The predicted molar refractivity (Wildman–Crippen MR) is 88.6 cm³/mol. The van der Waals surface area contributed by atoms with Gasteiger partial charge in [0.15, 0.2) is 0 Å². The van der Waals surface area contributed by atoms with E-state index in [0.29, 0.717) is 11.8 Å². The third-order valence-corrected chi connectivity index (χ3v) is 4.71. The molecule has 0 saturated carbocycles. The molecule has 1 aliphatic carbocycles. The summed E-state index contributed by atoms with van der Waals surface area (Å²) in [5.74, 6) is 0.941. The predicted octanol–water partition coefficient (Wildman–Crippen LogP) is 5.60. The lowest BCUT2D eigenvalue weighted by molar-refractivity contribution is 0.670. The summed E-state index contributed by atoms with van der Waals surface area (Å²) in [6, 6.07) is 28.6. The third kappa shape index (κ3) is 1.91. The van der Waals surface area contributed by atoms with Gasteiger partial charge < -0.3 is 0 Å². The monoisotopic (exact) mass is 270 g/mol. The van der Waals surface area contributed by atoms with Crippen molar-refractivity contribution >= 4 is 0 Å². The van der Waals surface area contributed by atoms with Crippen molar-refractivity contribution in [3.8, 4) is 11.1 Å². The fourth-order valence-electron chi connectivity index (χ4n) is 3.68. The second kappa shape index (κ2) is 4.89. The second-order valence-corrected chi connectivity index (χ2v) is 5.85. The maximum Gasteiger partial charge on any atom is 0.0168 e. The van der Waals surface area contributed by atoms with Gasteiger partial charge in [-0.25, -0.2) is 0 Å². The van der Waals surface area contributed by atoms with Crippen LogP contribution in [0.15, 0.2) is 78.9 Å². The highest BCUT2D eigenvalue weighted by Gasteiger charge is 2.32. The first kappa shape index (κ1) is 12.4. The van der Waals surface area contributed by atoms with E-state index in [1.54, 1.807) is 0 Å². The maximum atomic E-state index is 2.35. The van der Waals surface area contributed by atoms with Crippen LogP contribution in [0.3, 0.4) is 0 Å². The normalized spacial score (nSPS) is 14.5. The summed E-state index contributed by atoms with van der Waals surface area (Å²) in [6.45, 7) is 2.35. The molecule has 0 aromatic heterocycles. The SMILES string of the molecule is CC(c1ccccc1)C1c2ccccc2-c2ccccc21. The number of benzene rings is 3. The molecule has 0 amide bonds. The standard InChI is InChI=1S/C21H18/c1-15(16-9-3-2-4-10-16)21-19-13-7-5-11-17(19)18-12-6-8-14-20(18)21/h2-15,21H,1H3. The Labute approximate surface area is 126 Å². The Morgan fingerprint density at radius 2 is 1.10 bits per heavy atom. The molecule has 102 valence electrons. The minimum absolute atomic E-state index is 0.458. The largest absolute Gasteiger partial charge is 0.0622 e. The Bertz CT molecular complexity index is 725. The summed E-state index contributed by atoms with van der Waals surface area (Å²) in [4.78, 5) is 0. The van der Waals surface area contributed by atoms with E-state index in [1.807, 2.05) is 0 Å². The Morgan fingerprint density at radius 3 is 1.67 bits per heavy atom. The van der Waals surface area contributed by atoms with Crippen LogP contribution in [0.2, 0.25) is 0 Å². The van der Waals surface area contributed by atoms with Gasteiger partial charge in [-0.05, 0) is 33.7 Å². The lowest BCUT2D eigenvalue weighted by Gasteiger charge is -2.22. The van der Waals surface area contributed by atoms with Gasteiger partial charge in [0.25, 0.3) is 0 Å². The van der Waals surface area contributed by atoms with Crippen LogP contribution < -0.4 is 0 Å². The van der Waals surface area contributed by atoms with E-state index in [9.17, 15) is 0 Å². The molecule has 3 aromatic rings. The average molecular weight is 270 g/mol. The molecule has 3 aromatic carbocycles. The van der Waals surface area contributed by atoms with E-state index in [4.69, 9.17) is 0 Å². The van der Waals surface area contributed by atoms with Gasteiger partial charge in [-0.3, -0.25) is 0 Å². The Kier molecular flexibility index (Phi) is 2.89. The van der Waals surface area contributed by atoms with E-state index >= 15 is 0 Å². The quantitative estimate of drug-likeness (QED) is 0.568. The summed E-state index contributed by atoms with van der Waals surface area (Å²) < 4.78 is 0. The van der Waals surface area contributed by atoms with Gasteiger partial charge in [0.05, 0.1) is 0 Å². The Balaban J connectivity index is 1.89. The molecule has 0 heteroatoms. The first-order valence-corrected chi connectivity index (χ1v) is 7.59. The minimum Gasteiger partial charge on any atom is -0.0622 e. The van der Waals surface area contributed by atoms with Crippen molar-refractivity contribution in [3.05, 3.63) is 95.6 Å². The molecule has 0 saturated heterocycles. The van der Waals surface area contributed by atoms with Crippen molar-refractivity contribution in [3.63, 3.8) is 0 Å². The smallest absolute Gasteiger partial charge is 0.0168 e. The molecule has 0 spiro atoms. The van der Waals surface area contributed by atoms with Crippen LogP contribution in [0.1, 0.15) is 35.4 Å². The fourth-order valence-corrected chi connectivity index (χ4v) is 3.68. The third-order valence-electron chi connectivity index (χ3n) is 4.71. The molecule has 1 unspecified atom stereocenters. The summed E-state index contributed by atoms with van der Waals surface area (Å²) in [7, 11) is 0. The highest BCUT2D eigenvalue weighted by atomic mass is 14.3. The van der Waals surface area contributed by atoms with E-state index < -0.39 is 0 Å². The van der Waals surface area contributed by atoms with Gasteiger partial charge in [0.2, 0.25) is 0 Å². The van der Waals surface area contributed by atoms with Crippen molar-refractivity contribution < 1.29 is 0 Å². The lowest BCUT2D eigenvalue weighted by Crippen LogP contribution is -2.07. The van der Waals surface area contributed by atoms with Gasteiger partial charge in [-0.15, -0.1) is 0 Å². The van der Waals surface area contributed by atoms with Crippen LogP contribution in [-0.4, -0.2) is 0 Å². The number of fused-ring (bicyclic) bond motifs is 3. The highest BCUT2D eigenvalue weighted by molar-refractivity contribution is 5.79. The zero-order valence-corrected chi connectivity index (χ0v) is 12.2. The summed E-state index contributed by atoms with van der Waals surface area (Å²) in [5.41, 5.74) is 7.15. The zero-order chi connectivity index (χ0) is 14.2. The molecule has 0 aliphatic heterocycles. The zero-order valence-electron chi connectivity index (χ0n) is 12.2. The van der Waals surface area contributed by atoms with Crippen LogP contribution in [0, 0.1) is 0 Å². The topological polar surface area (TPSA) is 0 Å². The molecular weight excluding hydrogens is 252 g/mol. The Morgan fingerprint density at radius 1 is 0.619 bits per heavy atom. The number of rotatable bonds is 2. The van der Waals surface area contributed by atoms with Crippen molar-refractivity contribution in [2.75, 3.05) is 0 Å². The van der Waals surface area contributed by atoms with Crippen molar-refractivity contribution in [2.45, 2.75) is 18.8 Å². The number of hydrogen-bond donors (Lipinski definition) is 0. The molecular formula is C21H18. The summed E-state index contributed by atoms with van der Waals surface area (Å²) in [5, 5.41) is 0. The maximum absolute atomic E-state index is 2.35. The molecule has 0 nitrogen and oxygen atoms in total. The molecule has 1 atom stereocenters. The molecule has 4 rings (SSSR count). The van der Waals surface area contributed by atoms with Gasteiger partial charge in [-0.2, -0.15) is 0 Å². The van der Waals surface area contributed by atoms with E-state index in [0.717, 1.165) is 0 Å². The highest BCUT2D eigenvalue weighted by Crippen LogP contribution is 2.50. The van der Waals surface area contributed by atoms with Crippen LogP contribution in [0.25, 0.3) is 11.1 Å². The first-order valence-electron chi connectivity index (χ1n) is 7.59. The molecule has 1 aliphatic rings. The summed E-state index contributed by atoms with van der Waals surface area (Å²) in [6.07, 6.45) is 0. The average Bonchev–Trinajstić information content (AvgIpc) is 2.90. The van der Waals surface area contributed by atoms with Gasteiger partial charge >= 0.3 is 0 Å². The van der Waals surface area contributed by atoms with Crippen molar-refractivity contribution in [1.29, 1.82) is 0 Å². The van der Waals surface area contributed by atoms with E-state index in [1.165, 1.54) is 27.8 Å². The molecule has 0 radical (unpaired) electrons. The van der Waals surface area contributed by atoms with Gasteiger partial charge in [0.1, 0.15) is 0 Å². The lowest BCUT2D eigenvalue weighted by atomic mass is 9.81. The fraction of sp³-hybridized carbons (Fsp3) is 0.143. The van der Waals surface area contributed by atoms with Gasteiger partial charge in [-0.1, -0.05) is 85.8 Å². The van der Waals surface area contributed by atoms with Crippen LogP contribution >= 0.6 is 0 Å². The number of hydrogen-bond acceptors (Lipinski definition) is 0. The van der Waals surface area contributed by atoms with Crippen molar-refractivity contribution in [1.82, 2.24) is 0 Å². The van der Waals surface area contributed by atoms with E-state index in [2.05, 4.69) is 85.8 Å². The molecule has 21 heavy (non-hydrogen) atoms. The molecule has 0 bridgehead atoms. The second-order valence-electron chi connectivity index (χ2n) is 5.85. The molecule has 0 heterocycles. The molecule has 0 N–H and O–H groups in total. The van der Waals surface area contributed by atoms with Crippen LogP contribution in [-0.2, 0) is 0 Å². The van der Waals surface area contributed by atoms with Crippen LogP contribution in [0.5, 0.6) is 0 Å². The Hall–Kier alpha value is -2.34. The first-order chi connectivity index (χ1) is 10.4. The summed E-state index contributed by atoms with van der Waals surface area (Å²) >= 11 is 0. The van der Waals surface area contributed by atoms with Gasteiger partial charge in [0, 0.05) is 5.92 Å². The van der Waals surface area contributed by atoms with E-state index in [-0.39, 0.29) is 0 Å². The molecule has 0 fully saturated rings. The van der Waals surface area contributed by atoms with Crippen LogP contribution in [0.4, 0.5) is 0 Å². The minimum atomic E-state index is 0.458.